The molecule has 8 nitrogen and oxygen atoms in total. The molecular weight excluding hydrogens is 252 g/mol. The Bertz CT molecular complexity index is 413. The molecule has 0 atom stereocenters. The van der Waals surface area contributed by atoms with Crippen LogP contribution in [-0.4, -0.2) is 64.1 Å². The Morgan fingerprint density at radius 1 is 1.32 bits per heavy atom. The Labute approximate surface area is 110 Å². The first-order chi connectivity index (χ1) is 9.22. The van der Waals surface area contributed by atoms with Crippen LogP contribution in [0.1, 0.15) is 24.7 Å². The Balaban J connectivity index is 1.81. The minimum atomic E-state index is -0.312. The lowest BCUT2D eigenvalue weighted by Gasteiger charge is -2.18. The van der Waals surface area contributed by atoms with Gasteiger partial charge in [-0.2, -0.15) is 0 Å². The van der Waals surface area contributed by atoms with Crippen molar-refractivity contribution < 1.29 is 19.4 Å². The molecule has 0 unspecified atom stereocenters. The lowest BCUT2D eigenvalue weighted by molar-refractivity contribution is -0.117. The standard InChI is InChI=1S/C11H18N4O4/c16-5-3-15(4-6-17)7-9(18)12-11-14-13-10(19-11)8-1-2-8/h8,16-17H,1-7H2,(H,12,14,18). The van der Waals surface area contributed by atoms with Crippen LogP contribution in [0, 0.1) is 0 Å². The molecule has 2 rings (SSSR count). The maximum absolute atomic E-state index is 11.7. The van der Waals surface area contributed by atoms with Gasteiger partial charge in [-0.05, 0) is 12.8 Å². The molecular formula is C11H18N4O4. The van der Waals surface area contributed by atoms with Gasteiger partial charge >= 0.3 is 6.01 Å². The second kappa shape index (κ2) is 6.60. The molecule has 1 aliphatic rings. The van der Waals surface area contributed by atoms with Crippen molar-refractivity contribution in [2.45, 2.75) is 18.8 Å². The van der Waals surface area contributed by atoms with Gasteiger partial charge in [0.1, 0.15) is 0 Å². The normalized spacial score (nSPS) is 14.9. The van der Waals surface area contributed by atoms with Crippen molar-refractivity contribution in [3.8, 4) is 0 Å². The zero-order valence-corrected chi connectivity index (χ0v) is 10.6. The van der Waals surface area contributed by atoms with Crippen LogP contribution in [0.3, 0.4) is 0 Å². The second-order valence-corrected chi connectivity index (χ2v) is 4.49. The van der Waals surface area contributed by atoms with Gasteiger partial charge in [-0.25, -0.2) is 0 Å². The Hall–Kier alpha value is -1.51. The number of aliphatic hydroxyl groups excluding tert-OH is 2. The van der Waals surface area contributed by atoms with Gasteiger partial charge in [-0.1, -0.05) is 5.10 Å². The summed E-state index contributed by atoms with van der Waals surface area (Å²) in [5, 5.41) is 27.8. The topological polar surface area (TPSA) is 112 Å². The van der Waals surface area contributed by atoms with E-state index in [1.807, 2.05) is 0 Å². The predicted octanol–water partition coefficient (Wildman–Crippen LogP) is -0.828. The zero-order valence-electron chi connectivity index (χ0n) is 10.6. The van der Waals surface area contributed by atoms with E-state index in [1.165, 1.54) is 0 Å². The number of anilines is 1. The highest BCUT2D eigenvalue weighted by Crippen LogP contribution is 2.39. The van der Waals surface area contributed by atoms with Gasteiger partial charge in [0.05, 0.1) is 19.8 Å². The second-order valence-electron chi connectivity index (χ2n) is 4.49. The summed E-state index contributed by atoms with van der Waals surface area (Å²) in [5.41, 5.74) is 0. The first kappa shape index (κ1) is 13.9. The fourth-order valence-electron chi connectivity index (χ4n) is 1.69. The van der Waals surface area contributed by atoms with E-state index in [0.717, 1.165) is 12.8 Å². The van der Waals surface area contributed by atoms with Crippen LogP contribution in [0.5, 0.6) is 0 Å². The number of aliphatic hydroxyl groups is 2. The van der Waals surface area contributed by atoms with Gasteiger partial charge in [0.15, 0.2) is 0 Å². The van der Waals surface area contributed by atoms with Crippen LogP contribution in [-0.2, 0) is 4.79 Å². The molecule has 3 N–H and O–H groups in total. The lowest BCUT2D eigenvalue weighted by Crippen LogP contribution is -2.37. The van der Waals surface area contributed by atoms with Gasteiger partial charge < -0.3 is 14.6 Å². The van der Waals surface area contributed by atoms with Gasteiger partial charge in [0.25, 0.3) is 0 Å². The van der Waals surface area contributed by atoms with E-state index >= 15 is 0 Å². The Kier molecular flexibility index (Phi) is 4.83. The molecule has 0 aliphatic heterocycles. The van der Waals surface area contributed by atoms with E-state index in [2.05, 4.69) is 15.5 Å². The summed E-state index contributed by atoms with van der Waals surface area (Å²) in [5.74, 6) is 0.601. The summed E-state index contributed by atoms with van der Waals surface area (Å²) < 4.78 is 5.31. The third-order valence-electron chi connectivity index (χ3n) is 2.81. The fourth-order valence-corrected chi connectivity index (χ4v) is 1.69. The highest BCUT2D eigenvalue weighted by Gasteiger charge is 2.29. The molecule has 1 heterocycles. The van der Waals surface area contributed by atoms with Gasteiger partial charge in [0.2, 0.25) is 11.8 Å². The van der Waals surface area contributed by atoms with Crippen LogP contribution in [0.15, 0.2) is 4.42 Å². The van der Waals surface area contributed by atoms with Crippen LogP contribution in [0.2, 0.25) is 0 Å². The number of carbonyl (C=O) groups is 1. The molecule has 1 aliphatic carbocycles. The number of rotatable bonds is 8. The molecule has 0 saturated heterocycles. The molecule has 19 heavy (non-hydrogen) atoms. The quantitative estimate of drug-likeness (QED) is 0.565. The van der Waals surface area contributed by atoms with Gasteiger partial charge in [-0.3, -0.25) is 15.0 Å². The van der Waals surface area contributed by atoms with Crippen molar-refractivity contribution >= 4 is 11.9 Å². The van der Waals surface area contributed by atoms with Crippen molar-refractivity contribution in [1.82, 2.24) is 15.1 Å². The number of nitrogens with zero attached hydrogens (tertiary/aromatic N) is 3. The monoisotopic (exact) mass is 270 g/mol. The summed E-state index contributed by atoms with van der Waals surface area (Å²) in [7, 11) is 0. The first-order valence-corrected chi connectivity index (χ1v) is 6.30. The molecule has 0 bridgehead atoms. The lowest BCUT2D eigenvalue weighted by atomic mass is 10.4. The molecule has 1 fully saturated rings. The number of carbonyl (C=O) groups excluding carboxylic acids is 1. The van der Waals surface area contributed by atoms with Crippen molar-refractivity contribution in [3.05, 3.63) is 5.89 Å². The molecule has 1 amide bonds. The third-order valence-corrected chi connectivity index (χ3v) is 2.81. The van der Waals surface area contributed by atoms with E-state index in [4.69, 9.17) is 14.6 Å². The van der Waals surface area contributed by atoms with Crippen molar-refractivity contribution in [1.29, 1.82) is 0 Å². The highest BCUT2D eigenvalue weighted by atomic mass is 16.4. The number of amides is 1. The van der Waals surface area contributed by atoms with Gasteiger partial charge in [0, 0.05) is 19.0 Å². The summed E-state index contributed by atoms with van der Waals surface area (Å²) in [6.45, 7) is 0.567. The van der Waals surface area contributed by atoms with E-state index < -0.39 is 0 Å². The van der Waals surface area contributed by atoms with Crippen LogP contribution in [0.4, 0.5) is 6.01 Å². The first-order valence-electron chi connectivity index (χ1n) is 6.30. The zero-order chi connectivity index (χ0) is 13.7. The van der Waals surface area contributed by atoms with Crippen LogP contribution < -0.4 is 5.32 Å². The number of aromatic nitrogens is 2. The number of hydrogen-bond acceptors (Lipinski definition) is 7. The molecule has 0 spiro atoms. The van der Waals surface area contributed by atoms with E-state index in [9.17, 15) is 4.79 Å². The van der Waals surface area contributed by atoms with Crippen molar-refractivity contribution in [3.63, 3.8) is 0 Å². The number of hydrogen-bond donors (Lipinski definition) is 3. The summed E-state index contributed by atoms with van der Waals surface area (Å²) in [4.78, 5) is 13.4. The largest absolute Gasteiger partial charge is 0.408 e. The SMILES string of the molecule is O=C(CN(CCO)CCO)Nc1nnc(C2CC2)o1. The van der Waals surface area contributed by atoms with Crippen LogP contribution >= 0.6 is 0 Å². The Morgan fingerprint density at radius 3 is 2.58 bits per heavy atom. The molecule has 0 radical (unpaired) electrons. The molecule has 1 aromatic rings. The fraction of sp³-hybridized carbons (Fsp3) is 0.727. The maximum atomic E-state index is 11.7. The van der Waals surface area contributed by atoms with Crippen LogP contribution in [0.25, 0.3) is 0 Å². The van der Waals surface area contributed by atoms with E-state index in [-0.39, 0.29) is 31.7 Å². The Morgan fingerprint density at radius 2 is 2.00 bits per heavy atom. The molecule has 0 aromatic carbocycles. The average molecular weight is 270 g/mol. The molecule has 106 valence electrons. The van der Waals surface area contributed by atoms with Crippen molar-refractivity contribution in [2.24, 2.45) is 0 Å². The molecule has 1 saturated carbocycles. The summed E-state index contributed by atoms with van der Waals surface area (Å²) >= 11 is 0. The predicted molar refractivity (Wildman–Crippen MR) is 65.5 cm³/mol. The van der Waals surface area contributed by atoms with Gasteiger partial charge in [-0.15, -0.1) is 5.10 Å². The minimum absolute atomic E-state index is 0.0578. The average Bonchev–Trinajstić information content (AvgIpc) is 3.11. The summed E-state index contributed by atoms with van der Waals surface area (Å²) in [6.07, 6.45) is 2.10. The van der Waals surface area contributed by atoms with Crippen molar-refractivity contribution in [2.75, 3.05) is 38.2 Å². The molecule has 8 heteroatoms. The third kappa shape index (κ3) is 4.27. The highest BCUT2D eigenvalue weighted by molar-refractivity contribution is 5.90. The smallest absolute Gasteiger partial charge is 0.322 e. The minimum Gasteiger partial charge on any atom is -0.408 e. The summed E-state index contributed by atoms with van der Waals surface area (Å²) in [6, 6.07) is 0.0971. The number of nitrogens with one attached hydrogen (secondary N) is 1. The molecule has 1 aromatic heterocycles. The van der Waals surface area contributed by atoms with E-state index in [1.54, 1.807) is 4.90 Å². The maximum Gasteiger partial charge on any atom is 0.322 e. The van der Waals surface area contributed by atoms with E-state index in [0.29, 0.717) is 24.9 Å².